The fourth-order valence-electron chi connectivity index (χ4n) is 0.953. The first kappa shape index (κ1) is 11.6. The molecule has 0 atom stereocenters. The Labute approximate surface area is 92.6 Å². The van der Waals surface area contributed by atoms with E-state index in [2.05, 4.69) is 21.9 Å². The molecule has 82 valence electrons. The summed E-state index contributed by atoms with van der Waals surface area (Å²) >= 11 is 0. The Bertz CT molecular complexity index is 454. The highest BCUT2D eigenvalue weighted by atomic mass is 16.5. The van der Waals surface area contributed by atoms with Crippen molar-refractivity contribution in [2.45, 2.75) is 0 Å². The van der Waals surface area contributed by atoms with Crippen LogP contribution in [0.3, 0.4) is 0 Å². The number of nitrogens with two attached hydrogens (primary N) is 1. The van der Waals surface area contributed by atoms with Gasteiger partial charge in [0.15, 0.2) is 0 Å². The van der Waals surface area contributed by atoms with Gasteiger partial charge in [-0.1, -0.05) is 5.92 Å². The van der Waals surface area contributed by atoms with Gasteiger partial charge in [-0.25, -0.2) is 9.59 Å². The van der Waals surface area contributed by atoms with Crippen LogP contribution in [0, 0.1) is 11.8 Å². The van der Waals surface area contributed by atoms with E-state index < -0.39 is 12.0 Å². The molecule has 16 heavy (non-hydrogen) atoms. The van der Waals surface area contributed by atoms with Gasteiger partial charge in [0.1, 0.15) is 0 Å². The molecule has 0 unspecified atom stereocenters. The van der Waals surface area contributed by atoms with E-state index in [1.807, 2.05) is 0 Å². The molecule has 0 saturated heterocycles. The zero-order chi connectivity index (χ0) is 12.0. The van der Waals surface area contributed by atoms with Gasteiger partial charge in [0.05, 0.1) is 7.11 Å². The van der Waals surface area contributed by atoms with Crippen LogP contribution in [0.25, 0.3) is 0 Å². The van der Waals surface area contributed by atoms with Crippen LogP contribution in [0.2, 0.25) is 0 Å². The minimum Gasteiger partial charge on any atom is -0.459 e. The quantitative estimate of drug-likeness (QED) is 0.537. The lowest BCUT2D eigenvalue weighted by molar-refractivity contribution is -0.133. The molecule has 0 aromatic heterocycles. The summed E-state index contributed by atoms with van der Waals surface area (Å²) in [6, 6.07) is 5.94. The summed E-state index contributed by atoms with van der Waals surface area (Å²) in [5, 5.41) is 2.41. The van der Waals surface area contributed by atoms with Crippen molar-refractivity contribution in [1.82, 2.24) is 0 Å². The molecule has 0 bridgehead atoms. The van der Waals surface area contributed by atoms with Crippen LogP contribution in [-0.2, 0) is 9.53 Å². The molecule has 5 heteroatoms. The van der Waals surface area contributed by atoms with E-state index in [0.29, 0.717) is 11.3 Å². The first-order chi connectivity index (χ1) is 7.61. The number of urea groups is 1. The number of primary amides is 1. The van der Waals surface area contributed by atoms with E-state index in [9.17, 15) is 9.59 Å². The van der Waals surface area contributed by atoms with Gasteiger partial charge in [-0.05, 0) is 24.3 Å². The van der Waals surface area contributed by atoms with Crippen LogP contribution in [0.15, 0.2) is 24.3 Å². The zero-order valence-corrected chi connectivity index (χ0v) is 8.61. The third kappa shape index (κ3) is 3.72. The highest BCUT2D eigenvalue weighted by Gasteiger charge is 1.95. The number of carbonyl (C=O) groups is 2. The number of rotatable bonds is 1. The molecule has 0 heterocycles. The van der Waals surface area contributed by atoms with E-state index in [1.54, 1.807) is 24.3 Å². The van der Waals surface area contributed by atoms with Gasteiger partial charge >= 0.3 is 12.0 Å². The van der Waals surface area contributed by atoms with E-state index in [-0.39, 0.29) is 0 Å². The zero-order valence-electron chi connectivity index (χ0n) is 8.61. The Morgan fingerprint density at radius 3 is 2.44 bits per heavy atom. The van der Waals surface area contributed by atoms with Crippen molar-refractivity contribution in [3.05, 3.63) is 29.8 Å². The van der Waals surface area contributed by atoms with Crippen LogP contribution in [0.5, 0.6) is 0 Å². The van der Waals surface area contributed by atoms with Crippen molar-refractivity contribution >= 4 is 17.7 Å². The molecule has 2 amide bonds. The molecular weight excluding hydrogens is 208 g/mol. The second kappa shape index (κ2) is 5.41. The molecule has 1 aromatic rings. The van der Waals surface area contributed by atoms with Crippen molar-refractivity contribution < 1.29 is 14.3 Å². The number of anilines is 1. The Morgan fingerprint density at radius 2 is 1.94 bits per heavy atom. The lowest BCUT2D eigenvalue weighted by Crippen LogP contribution is -2.19. The summed E-state index contributed by atoms with van der Waals surface area (Å²) in [6.45, 7) is 0. The third-order valence-corrected chi connectivity index (χ3v) is 1.65. The number of nitrogens with one attached hydrogen (secondary N) is 1. The molecule has 0 aliphatic carbocycles. The number of amides is 2. The highest BCUT2D eigenvalue weighted by molar-refractivity contribution is 5.89. The predicted octanol–water partition coefficient (Wildman–Crippen LogP) is 0.702. The van der Waals surface area contributed by atoms with Gasteiger partial charge in [0.2, 0.25) is 0 Å². The SMILES string of the molecule is COC(=O)C#Cc1ccc(NC(N)=O)cc1. The van der Waals surface area contributed by atoms with Gasteiger partial charge < -0.3 is 15.8 Å². The molecule has 1 aromatic carbocycles. The van der Waals surface area contributed by atoms with E-state index >= 15 is 0 Å². The van der Waals surface area contributed by atoms with Crippen molar-refractivity contribution in [1.29, 1.82) is 0 Å². The molecule has 0 radical (unpaired) electrons. The smallest absolute Gasteiger partial charge is 0.384 e. The van der Waals surface area contributed by atoms with E-state index in [1.165, 1.54) is 7.11 Å². The Morgan fingerprint density at radius 1 is 1.31 bits per heavy atom. The normalized spacial score (nSPS) is 8.56. The maximum atomic E-state index is 10.7. The van der Waals surface area contributed by atoms with Crippen LogP contribution < -0.4 is 11.1 Å². The maximum absolute atomic E-state index is 10.7. The molecule has 0 saturated carbocycles. The molecule has 0 spiro atoms. The molecule has 0 aliphatic rings. The third-order valence-electron chi connectivity index (χ3n) is 1.65. The lowest BCUT2D eigenvalue weighted by atomic mass is 10.2. The monoisotopic (exact) mass is 218 g/mol. The highest BCUT2D eigenvalue weighted by Crippen LogP contribution is 2.07. The standard InChI is InChI=1S/C11H10N2O3/c1-16-10(14)7-4-8-2-5-9(6-3-8)13-11(12)15/h2-3,5-6H,1H3,(H3,12,13,15). The van der Waals surface area contributed by atoms with Gasteiger partial charge in [0, 0.05) is 17.2 Å². The molecular formula is C11H10N2O3. The van der Waals surface area contributed by atoms with Gasteiger partial charge in [0.25, 0.3) is 0 Å². The second-order valence-electron chi connectivity index (χ2n) is 2.81. The number of carbonyl (C=O) groups excluding carboxylic acids is 2. The van der Waals surface area contributed by atoms with Crippen molar-refractivity contribution in [3.63, 3.8) is 0 Å². The van der Waals surface area contributed by atoms with Crippen LogP contribution >= 0.6 is 0 Å². The summed E-state index contributed by atoms with van der Waals surface area (Å²) in [7, 11) is 1.26. The van der Waals surface area contributed by atoms with Crippen LogP contribution in [-0.4, -0.2) is 19.1 Å². The number of hydrogen-bond acceptors (Lipinski definition) is 3. The number of hydrogen-bond donors (Lipinski definition) is 2. The van der Waals surface area contributed by atoms with Crippen molar-refractivity contribution in [2.75, 3.05) is 12.4 Å². The van der Waals surface area contributed by atoms with E-state index in [4.69, 9.17) is 5.73 Å². The van der Waals surface area contributed by atoms with Crippen molar-refractivity contribution in [2.24, 2.45) is 5.73 Å². The number of esters is 1. The minimum absolute atomic E-state index is 0.566. The summed E-state index contributed by atoms with van der Waals surface area (Å²) < 4.78 is 4.36. The molecule has 0 aliphatic heterocycles. The van der Waals surface area contributed by atoms with Crippen LogP contribution in [0.1, 0.15) is 5.56 Å². The fourth-order valence-corrected chi connectivity index (χ4v) is 0.953. The number of ether oxygens (including phenoxy) is 1. The van der Waals surface area contributed by atoms with Crippen molar-refractivity contribution in [3.8, 4) is 11.8 Å². The average Bonchev–Trinajstić information content (AvgIpc) is 2.27. The van der Waals surface area contributed by atoms with Gasteiger partial charge in [-0.2, -0.15) is 0 Å². The lowest BCUT2D eigenvalue weighted by Gasteiger charge is -2.00. The van der Waals surface area contributed by atoms with Gasteiger partial charge in [-0.3, -0.25) is 0 Å². The number of benzene rings is 1. The summed E-state index contributed by atoms with van der Waals surface area (Å²) in [6.07, 6.45) is 0. The Balaban J connectivity index is 2.74. The minimum atomic E-state index is -0.631. The summed E-state index contributed by atoms with van der Waals surface area (Å²) in [4.78, 5) is 21.3. The first-order valence-corrected chi connectivity index (χ1v) is 4.38. The second-order valence-corrected chi connectivity index (χ2v) is 2.81. The number of methoxy groups -OCH3 is 1. The summed E-state index contributed by atoms with van der Waals surface area (Å²) in [5.41, 5.74) is 6.14. The predicted molar refractivity (Wildman–Crippen MR) is 58.5 cm³/mol. The molecule has 5 nitrogen and oxygen atoms in total. The topological polar surface area (TPSA) is 81.4 Å². The Hall–Kier alpha value is -2.48. The largest absolute Gasteiger partial charge is 0.459 e. The fraction of sp³-hybridized carbons (Fsp3) is 0.0909. The summed E-state index contributed by atoms with van der Waals surface area (Å²) in [5.74, 6) is 4.30. The molecule has 0 fully saturated rings. The van der Waals surface area contributed by atoms with Gasteiger partial charge in [-0.15, -0.1) is 0 Å². The Kier molecular flexibility index (Phi) is 3.92. The first-order valence-electron chi connectivity index (χ1n) is 4.38. The van der Waals surface area contributed by atoms with E-state index in [0.717, 1.165) is 0 Å². The van der Waals surface area contributed by atoms with Crippen LogP contribution in [0.4, 0.5) is 10.5 Å². The molecule has 1 rings (SSSR count). The maximum Gasteiger partial charge on any atom is 0.384 e. The average molecular weight is 218 g/mol. The molecule has 3 N–H and O–H groups in total.